The first kappa shape index (κ1) is 47.2. The fraction of sp³-hybridized carbons (Fsp3) is 0.750. The number of aryl methyl sites for hydroxylation is 1. The number of benzene rings is 1. The molecule has 0 bridgehead atoms. The van der Waals surface area contributed by atoms with Crippen LogP contribution in [0.1, 0.15) is 190 Å². The number of aliphatic hydroxyl groups is 2. The highest BCUT2D eigenvalue weighted by Crippen LogP contribution is 2.48. The van der Waals surface area contributed by atoms with E-state index in [9.17, 15) is 19.8 Å². The summed E-state index contributed by atoms with van der Waals surface area (Å²) in [6.07, 6.45) is 36.0. The molecule has 0 spiro atoms. The smallest absolute Gasteiger partial charge is 0.338 e. The summed E-state index contributed by atoms with van der Waals surface area (Å²) in [7, 11) is 0. The highest BCUT2D eigenvalue weighted by Gasteiger charge is 2.42. The Hall–Kier alpha value is -2.15. The standard InChI is InChI=1S/C48H77ClO6/c1-3-5-6-7-8-9-10-11-12-13-14-15-16-19-26-39-27-22-28-40(37-39)47(53)55-36-25-35-54-46(52)32-21-18-17-20-29-41-42(44(50)38-43(41)49)30-23-31-45(51)48(4-2)33-24-34-48/h17,20,22-23,27-28,30,37,41-45,50-51H,3-16,18-19,21,24-26,29,31-36,38H2,1-2H3/b20-17-,30-23+/t41-,42+,43+,44-,45+/m1/s1. The van der Waals surface area contributed by atoms with Gasteiger partial charge in [0.1, 0.15) is 0 Å². The molecule has 6 nitrogen and oxygen atoms in total. The second-order valence-corrected chi connectivity index (χ2v) is 17.2. The lowest BCUT2D eigenvalue weighted by Crippen LogP contribution is -2.40. The van der Waals surface area contributed by atoms with Crippen LogP contribution in [0.5, 0.6) is 0 Å². The highest BCUT2D eigenvalue weighted by molar-refractivity contribution is 6.21. The molecule has 2 aliphatic rings. The SMILES string of the molecule is CCCCCCCCCCCCCCCCc1cccc(C(=O)OCCCOC(=O)CCC/C=C\C[C@@H]2[C@H](/C=C/C[C@H](O)C3(CC)CCC3)[C@H](O)C[C@@H]2Cl)c1. The van der Waals surface area contributed by atoms with Gasteiger partial charge in [-0.05, 0) is 93.2 Å². The van der Waals surface area contributed by atoms with E-state index < -0.39 is 6.10 Å². The van der Waals surface area contributed by atoms with Crippen LogP contribution in [0, 0.1) is 17.3 Å². The first-order chi connectivity index (χ1) is 26.8. The quantitative estimate of drug-likeness (QED) is 0.0337. The van der Waals surface area contributed by atoms with Crippen molar-refractivity contribution in [3.8, 4) is 0 Å². The zero-order chi connectivity index (χ0) is 39.6. The minimum atomic E-state index is -0.462. The third-order valence-electron chi connectivity index (χ3n) is 12.4. The molecule has 2 aliphatic carbocycles. The Morgan fingerprint density at radius 3 is 2.15 bits per heavy atom. The third kappa shape index (κ3) is 18.3. The number of aliphatic hydroxyl groups excluding tert-OH is 2. The number of unbranched alkanes of at least 4 members (excludes halogenated alkanes) is 14. The largest absolute Gasteiger partial charge is 0.466 e. The molecular weight excluding hydrogens is 708 g/mol. The van der Waals surface area contributed by atoms with Gasteiger partial charge in [-0.15, -0.1) is 11.6 Å². The molecule has 2 fully saturated rings. The van der Waals surface area contributed by atoms with E-state index >= 15 is 0 Å². The lowest BCUT2D eigenvalue weighted by Gasteiger charge is -2.45. The van der Waals surface area contributed by atoms with Crippen molar-refractivity contribution in [3.63, 3.8) is 0 Å². The maximum absolute atomic E-state index is 12.6. The second-order valence-electron chi connectivity index (χ2n) is 16.7. The summed E-state index contributed by atoms with van der Waals surface area (Å²) in [6.45, 7) is 4.88. The summed E-state index contributed by atoms with van der Waals surface area (Å²) in [6, 6.07) is 7.77. The molecule has 1 aromatic carbocycles. The molecule has 1 aromatic rings. The maximum Gasteiger partial charge on any atom is 0.338 e. The van der Waals surface area contributed by atoms with Crippen molar-refractivity contribution in [2.75, 3.05) is 13.2 Å². The highest BCUT2D eigenvalue weighted by atomic mass is 35.5. The molecular formula is C48H77ClO6. The summed E-state index contributed by atoms with van der Waals surface area (Å²) in [4.78, 5) is 24.9. The van der Waals surface area contributed by atoms with E-state index in [0.717, 1.165) is 44.9 Å². The number of alkyl halides is 1. The molecule has 0 amide bonds. The number of ether oxygens (including phenoxy) is 2. The van der Waals surface area contributed by atoms with E-state index in [-0.39, 0.29) is 53.9 Å². The number of carbonyl (C=O) groups excluding carboxylic acids is 2. The summed E-state index contributed by atoms with van der Waals surface area (Å²) in [5.41, 5.74) is 1.83. The molecule has 5 atom stereocenters. The van der Waals surface area contributed by atoms with Crippen LogP contribution < -0.4 is 0 Å². The molecule has 0 radical (unpaired) electrons. The molecule has 3 rings (SSSR count). The summed E-state index contributed by atoms with van der Waals surface area (Å²) < 4.78 is 10.8. The molecule has 0 aromatic heterocycles. The van der Waals surface area contributed by atoms with Gasteiger partial charge in [-0.2, -0.15) is 0 Å². The molecule has 0 unspecified atom stereocenters. The van der Waals surface area contributed by atoms with Gasteiger partial charge in [0.05, 0.1) is 31.0 Å². The summed E-state index contributed by atoms with van der Waals surface area (Å²) >= 11 is 6.63. The van der Waals surface area contributed by atoms with Crippen LogP contribution in [0.2, 0.25) is 0 Å². The predicted octanol–water partition coefficient (Wildman–Crippen LogP) is 12.4. The molecule has 2 saturated carbocycles. The topological polar surface area (TPSA) is 93.1 Å². The lowest BCUT2D eigenvalue weighted by molar-refractivity contribution is -0.144. The van der Waals surface area contributed by atoms with E-state index in [0.29, 0.717) is 37.7 Å². The van der Waals surface area contributed by atoms with Gasteiger partial charge in [-0.3, -0.25) is 4.79 Å². The van der Waals surface area contributed by atoms with Crippen LogP contribution >= 0.6 is 11.6 Å². The predicted molar refractivity (Wildman–Crippen MR) is 228 cm³/mol. The Kier molecular flexibility index (Phi) is 24.3. The van der Waals surface area contributed by atoms with Crippen LogP contribution in [0.25, 0.3) is 0 Å². The van der Waals surface area contributed by atoms with E-state index in [4.69, 9.17) is 21.1 Å². The number of allylic oxidation sites excluding steroid dienone is 2. The van der Waals surface area contributed by atoms with Crippen molar-refractivity contribution < 1.29 is 29.3 Å². The van der Waals surface area contributed by atoms with Crippen LogP contribution in [0.3, 0.4) is 0 Å². The summed E-state index contributed by atoms with van der Waals surface area (Å²) in [5, 5.41) is 21.3. The van der Waals surface area contributed by atoms with Gasteiger partial charge in [0.15, 0.2) is 0 Å². The van der Waals surface area contributed by atoms with Gasteiger partial charge in [-0.25, -0.2) is 4.79 Å². The van der Waals surface area contributed by atoms with Crippen molar-refractivity contribution in [2.24, 2.45) is 17.3 Å². The fourth-order valence-corrected chi connectivity index (χ4v) is 8.96. The van der Waals surface area contributed by atoms with Crippen LogP contribution in [0.4, 0.5) is 0 Å². The molecule has 312 valence electrons. The van der Waals surface area contributed by atoms with Gasteiger partial charge >= 0.3 is 11.9 Å². The minimum Gasteiger partial charge on any atom is -0.466 e. The zero-order valence-corrected chi connectivity index (χ0v) is 35.5. The van der Waals surface area contributed by atoms with Gasteiger partial charge < -0.3 is 19.7 Å². The Bertz CT molecular complexity index is 1240. The number of hydrogen-bond donors (Lipinski definition) is 2. The molecule has 7 heteroatoms. The molecule has 2 N–H and O–H groups in total. The Balaban J connectivity index is 1.18. The fourth-order valence-electron chi connectivity index (χ4n) is 8.51. The van der Waals surface area contributed by atoms with E-state index in [1.165, 1.54) is 95.5 Å². The van der Waals surface area contributed by atoms with Gasteiger partial charge in [-0.1, -0.05) is 140 Å². The number of hydrogen-bond acceptors (Lipinski definition) is 6. The number of esters is 2. The van der Waals surface area contributed by atoms with Gasteiger partial charge in [0.2, 0.25) is 0 Å². The van der Waals surface area contributed by atoms with Crippen molar-refractivity contribution in [2.45, 2.75) is 198 Å². The normalized spacial score (nSPS) is 21.3. The Morgan fingerprint density at radius 1 is 0.855 bits per heavy atom. The van der Waals surface area contributed by atoms with Gasteiger partial charge in [0.25, 0.3) is 0 Å². The number of halogens is 1. The van der Waals surface area contributed by atoms with Gasteiger partial charge in [0, 0.05) is 24.1 Å². The molecule has 0 heterocycles. The van der Waals surface area contributed by atoms with Crippen molar-refractivity contribution >= 4 is 23.5 Å². The molecule has 0 aliphatic heterocycles. The lowest BCUT2D eigenvalue weighted by atomic mass is 9.63. The summed E-state index contributed by atoms with van der Waals surface area (Å²) in [5.74, 6) is -0.438. The van der Waals surface area contributed by atoms with Crippen LogP contribution in [-0.2, 0) is 20.7 Å². The zero-order valence-electron chi connectivity index (χ0n) is 34.7. The van der Waals surface area contributed by atoms with Crippen LogP contribution in [-0.4, -0.2) is 53.0 Å². The average molecular weight is 786 g/mol. The van der Waals surface area contributed by atoms with Crippen LogP contribution in [0.15, 0.2) is 48.6 Å². The Labute approximate surface area is 340 Å². The van der Waals surface area contributed by atoms with Crippen molar-refractivity contribution in [3.05, 3.63) is 59.7 Å². The third-order valence-corrected chi connectivity index (χ3v) is 12.9. The molecule has 55 heavy (non-hydrogen) atoms. The van der Waals surface area contributed by atoms with E-state index in [2.05, 4.69) is 44.2 Å². The average Bonchev–Trinajstić information content (AvgIpc) is 3.43. The monoisotopic (exact) mass is 785 g/mol. The number of carbonyl (C=O) groups is 2. The first-order valence-corrected chi connectivity index (χ1v) is 23.0. The maximum atomic E-state index is 12.6. The number of rotatable bonds is 31. The second kappa shape index (κ2) is 28.3. The molecule has 0 saturated heterocycles. The minimum absolute atomic E-state index is 0.0126. The van der Waals surface area contributed by atoms with Crippen molar-refractivity contribution in [1.29, 1.82) is 0 Å². The van der Waals surface area contributed by atoms with E-state index in [1.54, 1.807) is 6.07 Å². The Morgan fingerprint density at radius 2 is 1.51 bits per heavy atom. The first-order valence-electron chi connectivity index (χ1n) is 22.5. The van der Waals surface area contributed by atoms with E-state index in [1.807, 2.05) is 12.1 Å². The van der Waals surface area contributed by atoms with Crippen molar-refractivity contribution in [1.82, 2.24) is 0 Å².